The largest absolute Gasteiger partial charge is 0.472 e. The molecule has 3 heterocycles. The Bertz CT molecular complexity index is 522. The molecule has 3 rings (SSSR count). The van der Waals surface area contributed by atoms with E-state index in [4.69, 9.17) is 4.74 Å². The van der Waals surface area contributed by atoms with E-state index in [1.165, 1.54) is 6.33 Å². The Balaban J connectivity index is 1.58. The number of hydrogen-bond donors (Lipinski definition) is 1. The van der Waals surface area contributed by atoms with Gasteiger partial charge in [-0.2, -0.15) is 0 Å². The van der Waals surface area contributed by atoms with Crippen LogP contribution in [0.5, 0.6) is 5.88 Å². The van der Waals surface area contributed by atoms with Gasteiger partial charge in [0.25, 0.3) is 0 Å². The Morgan fingerprint density at radius 1 is 1.43 bits per heavy atom. The summed E-state index contributed by atoms with van der Waals surface area (Å²) in [4.78, 5) is 33.3. The second-order valence-corrected chi connectivity index (χ2v) is 5.37. The van der Waals surface area contributed by atoms with E-state index in [-0.39, 0.29) is 24.0 Å². The van der Waals surface area contributed by atoms with E-state index >= 15 is 0 Å². The average molecular weight is 290 g/mol. The van der Waals surface area contributed by atoms with Crippen molar-refractivity contribution < 1.29 is 14.3 Å². The number of carbonyl (C=O) groups is 2. The van der Waals surface area contributed by atoms with Crippen molar-refractivity contribution in [1.82, 2.24) is 20.2 Å². The third kappa shape index (κ3) is 3.29. The van der Waals surface area contributed by atoms with Gasteiger partial charge in [0.05, 0.1) is 6.54 Å². The molecule has 7 heteroatoms. The fourth-order valence-electron chi connectivity index (χ4n) is 2.77. The van der Waals surface area contributed by atoms with Crippen LogP contribution in [0.2, 0.25) is 0 Å². The second kappa shape index (κ2) is 6.07. The zero-order valence-electron chi connectivity index (χ0n) is 11.7. The predicted molar refractivity (Wildman–Crippen MR) is 73.4 cm³/mol. The maximum atomic E-state index is 12.4. The number of rotatable bonds is 3. The molecule has 1 aromatic rings. The summed E-state index contributed by atoms with van der Waals surface area (Å²) < 4.78 is 5.79. The second-order valence-electron chi connectivity index (χ2n) is 5.37. The van der Waals surface area contributed by atoms with Crippen LogP contribution in [0.25, 0.3) is 0 Å². The van der Waals surface area contributed by atoms with Gasteiger partial charge in [-0.15, -0.1) is 0 Å². The van der Waals surface area contributed by atoms with Crippen molar-refractivity contribution in [2.45, 2.75) is 37.8 Å². The first-order valence-corrected chi connectivity index (χ1v) is 7.23. The van der Waals surface area contributed by atoms with Gasteiger partial charge in [0.2, 0.25) is 17.7 Å². The summed E-state index contributed by atoms with van der Waals surface area (Å²) in [5, 5.41) is 2.72. The average Bonchev–Trinajstić information content (AvgIpc) is 2.94. The molecule has 0 spiro atoms. The number of ether oxygens (including phenoxy) is 1. The number of likely N-dealkylation sites (tertiary alicyclic amines) is 1. The van der Waals surface area contributed by atoms with Crippen LogP contribution in [-0.2, 0) is 9.59 Å². The molecule has 1 N–H and O–H groups in total. The molecule has 21 heavy (non-hydrogen) atoms. The van der Waals surface area contributed by atoms with E-state index in [1.54, 1.807) is 17.2 Å². The van der Waals surface area contributed by atoms with Gasteiger partial charge in [-0.3, -0.25) is 9.59 Å². The first-order chi connectivity index (χ1) is 10.2. The zero-order chi connectivity index (χ0) is 14.7. The summed E-state index contributed by atoms with van der Waals surface area (Å²) in [7, 11) is 0. The third-order valence-corrected chi connectivity index (χ3v) is 3.83. The molecular weight excluding hydrogens is 272 g/mol. The van der Waals surface area contributed by atoms with Crippen LogP contribution in [0.15, 0.2) is 18.6 Å². The number of nitrogens with zero attached hydrogens (tertiary/aromatic N) is 3. The minimum atomic E-state index is -0.365. The van der Waals surface area contributed by atoms with Gasteiger partial charge in [-0.1, -0.05) is 0 Å². The Morgan fingerprint density at radius 3 is 3.05 bits per heavy atom. The lowest BCUT2D eigenvalue weighted by Gasteiger charge is -2.34. The summed E-state index contributed by atoms with van der Waals surface area (Å²) >= 11 is 0. The molecule has 0 bridgehead atoms. The first-order valence-electron chi connectivity index (χ1n) is 7.23. The standard InChI is InChI=1S/C14H18N4O3/c19-12-4-3-11(17-12)14(20)18-7-1-2-10(8-18)21-13-5-6-15-9-16-13/h5-6,9-11H,1-4,7-8H2,(H,17,19). The number of carbonyl (C=O) groups excluding carboxylic acids is 2. The van der Waals surface area contributed by atoms with Gasteiger partial charge in [0.1, 0.15) is 18.5 Å². The number of aromatic nitrogens is 2. The van der Waals surface area contributed by atoms with Crippen molar-refractivity contribution in [3.05, 3.63) is 18.6 Å². The maximum absolute atomic E-state index is 12.4. The molecule has 2 amide bonds. The van der Waals surface area contributed by atoms with Crippen molar-refractivity contribution in [2.24, 2.45) is 0 Å². The predicted octanol–water partition coefficient (Wildman–Crippen LogP) is 0.125. The molecule has 0 radical (unpaired) electrons. The summed E-state index contributed by atoms with van der Waals surface area (Å²) in [5.74, 6) is 0.481. The fraction of sp³-hybridized carbons (Fsp3) is 0.571. The molecule has 2 aliphatic rings. The Labute approximate surface area is 122 Å². The van der Waals surface area contributed by atoms with Gasteiger partial charge in [0, 0.05) is 25.2 Å². The van der Waals surface area contributed by atoms with Crippen LogP contribution in [0.1, 0.15) is 25.7 Å². The Kier molecular flexibility index (Phi) is 3.98. The summed E-state index contributed by atoms with van der Waals surface area (Å²) in [6, 6.07) is 1.34. The molecular formula is C14H18N4O3. The molecule has 0 aliphatic carbocycles. The normalized spacial score (nSPS) is 25.5. The van der Waals surface area contributed by atoms with E-state index in [2.05, 4.69) is 15.3 Å². The molecule has 2 atom stereocenters. The lowest BCUT2D eigenvalue weighted by atomic mass is 10.1. The highest BCUT2D eigenvalue weighted by atomic mass is 16.5. The van der Waals surface area contributed by atoms with Gasteiger partial charge >= 0.3 is 0 Å². The highest BCUT2D eigenvalue weighted by Gasteiger charge is 2.33. The number of piperidine rings is 1. The molecule has 0 aromatic carbocycles. The highest BCUT2D eigenvalue weighted by Crippen LogP contribution is 2.18. The summed E-state index contributed by atoms with van der Waals surface area (Å²) in [6.45, 7) is 1.25. The molecule has 2 saturated heterocycles. The van der Waals surface area contributed by atoms with Crippen molar-refractivity contribution in [3.63, 3.8) is 0 Å². The molecule has 1 aromatic heterocycles. The van der Waals surface area contributed by atoms with E-state index < -0.39 is 0 Å². The van der Waals surface area contributed by atoms with E-state index in [1.807, 2.05) is 0 Å². The molecule has 2 aliphatic heterocycles. The number of amides is 2. The highest BCUT2D eigenvalue weighted by molar-refractivity contribution is 5.90. The van der Waals surface area contributed by atoms with Crippen molar-refractivity contribution in [2.75, 3.05) is 13.1 Å². The minimum Gasteiger partial charge on any atom is -0.472 e. The van der Waals surface area contributed by atoms with E-state index in [9.17, 15) is 9.59 Å². The molecule has 112 valence electrons. The van der Waals surface area contributed by atoms with Crippen LogP contribution >= 0.6 is 0 Å². The van der Waals surface area contributed by atoms with Crippen LogP contribution < -0.4 is 10.1 Å². The third-order valence-electron chi connectivity index (χ3n) is 3.83. The zero-order valence-corrected chi connectivity index (χ0v) is 11.7. The molecule has 0 saturated carbocycles. The molecule has 2 unspecified atom stereocenters. The Hall–Kier alpha value is -2.18. The molecule has 7 nitrogen and oxygen atoms in total. The first kappa shape index (κ1) is 13.8. The van der Waals surface area contributed by atoms with E-state index in [0.29, 0.717) is 25.3 Å². The Morgan fingerprint density at radius 2 is 2.33 bits per heavy atom. The SMILES string of the molecule is O=C1CCC(C(=O)N2CCCC(Oc3ccncn3)C2)N1. The van der Waals surface area contributed by atoms with Crippen LogP contribution in [0, 0.1) is 0 Å². The van der Waals surface area contributed by atoms with Gasteiger partial charge in [0.15, 0.2) is 0 Å². The quantitative estimate of drug-likeness (QED) is 0.855. The van der Waals surface area contributed by atoms with Crippen LogP contribution in [-0.4, -0.2) is 51.9 Å². The monoisotopic (exact) mass is 290 g/mol. The fourth-order valence-corrected chi connectivity index (χ4v) is 2.77. The van der Waals surface area contributed by atoms with Gasteiger partial charge < -0.3 is 15.0 Å². The summed E-state index contributed by atoms with van der Waals surface area (Å²) in [5.41, 5.74) is 0. The smallest absolute Gasteiger partial charge is 0.245 e. The van der Waals surface area contributed by atoms with Crippen LogP contribution in [0.4, 0.5) is 0 Å². The topological polar surface area (TPSA) is 84.4 Å². The minimum absolute atomic E-state index is 0.00293. The summed E-state index contributed by atoms with van der Waals surface area (Å²) in [6.07, 6.45) is 5.82. The van der Waals surface area contributed by atoms with E-state index in [0.717, 1.165) is 19.4 Å². The van der Waals surface area contributed by atoms with Crippen molar-refractivity contribution >= 4 is 11.8 Å². The maximum Gasteiger partial charge on any atom is 0.245 e. The van der Waals surface area contributed by atoms with Crippen molar-refractivity contribution in [1.29, 1.82) is 0 Å². The number of hydrogen-bond acceptors (Lipinski definition) is 5. The van der Waals surface area contributed by atoms with Crippen molar-refractivity contribution in [3.8, 4) is 5.88 Å². The van der Waals surface area contributed by atoms with Gasteiger partial charge in [-0.25, -0.2) is 9.97 Å². The lowest BCUT2D eigenvalue weighted by molar-refractivity contribution is -0.136. The van der Waals surface area contributed by atoms with Crippen LogP contribution in [0.3, 0.4) is 0 Å². The van der Waals surface area contributed by atoms with Gasteiger partial charge in [-0.05, 0) is 19.3 Å². The molecule has 2 fully saturated rings. The lowest BCUT2D eigenvalue weighted by Crippen LogP contribution is -2.50. The number of nitrogens with one attached hydrogen (secondary N) is 1.